The maximum atomic E-state index is 3.96. The van der Waals surface area contributed by atoms with Crippen molar-refractivity contribution in [1.29, 1.82) is 0 Å². The molecule has 106 valence electrons. The van der Waals surface area contributed by atoms with Crippen LogP contribution in [-0.4, -0.2) is 31.1 Å². The van der Waals surface area contributed by atoms with Crippen molar-refractivity contribution in [1.82, 2.24) is 10.2 Å². The Balaban J connectivity index is 1.70. The van der Waals surface area contributed by atoms with Crippen LogP contribution in [-0.2, 0) is 6.42 Å². The minimum Gasteiger partial charge on any atom is -0.307 e. The van der Waals surface area contributed by atoms with Gasteiger partial charge < -0.3 is 10.2 Å². The Morgan fingerprint density at radius 2 is 2.26 bits per heavy atom. The number of halogens is 1. The highest BCUT2D eigenvalue weighted by atomic mass is 79.9. The first-order valence-electron chi connectivity index (χ1n) is 7.36. The fourth-order valence-corrected chi connectivity index (χ4v) is 5.37. The van der Waals surface area contributed by atoms with Gasteiger partial charge in [-0.25, -0.2) is 0 Å². The zero-order valence-corrected chi connectivity index (χ0v) is 14.2. The topological polar surface area (TPSA) is 15.3 Å². The first-order chi connectivity index (χ1) is 9.13. The Morgan fingerprint density at radius 3 is 3.05 bits per heavy atom. The highest BCUT2D eigenvalue weighted by Crippen LogP contribution is 2.38. The van der Waals surface area contributed by atoms with E-state index in [4.69, 9.17) is 0 Å². The van der Waals surface area contributed by atoms with E-state index in [9.17, 15) is 0 Å². The van der Waals surface area contributed by atoms with Crippen LogP contribution < -0.4 is 5.32 Å². The predicted octanol–water partition coefficient (Wildman–Crippen LogP) is 3.82. The number of hydrogen-bond donors (Lipinski definition) is 1. The molecule has 2 heterocycles. The van der Waals surface area contributed by atoms with Crippen LogP contribution >= 0.6 is 27.3 Å². The van der Waals surface area contributed by atoms with E-state index in [0.29, 0.717) is 12.1 Å². The van der Waals surface area contributed by atoms with E-state index in [0.717, 1.165) is 5.92 Å². The van der Waals surface area contributed by atoms with Crippen LogP contribution in [0.2, 0.25) is 0 Å². The predicted molar refractivity (Wildman–Crippen MR) is 85.9 cm³/mol. The molecule has 19 heavy (non-hydrogen) atoms. The van der Waals surface area contributed by atoms with Gasteiger partial charge in [-0.1, -0.05) is 6.92 Å². The first-order valence-corrected chi connectivity index (χ1v) is 8.97. The van der Waals surface area contributed by atoms with E-state index in [1.807, 2.05) is 11.3 Å². The number of piperidine rings is 1. The average molecular weight is 343 g/mol. The summed E-state index contributed by atoms with van der Waals surface area (Å²) in [4.78, 5) is 4.05. The number of rotatable bonds is 2. The summed E-state index contributed by atoms with van der Waals surface area (Å²) in [5.74, 6) is 0.756. The van der Waals surface area contributed by atoms with Gasteiger partial charge in [0.25, 0.3) is 0 Å². The van der Waals surface area contributed by atoms with Gasteiger partial charge in [0.2, 0.25) is 0 Å². The molecule has 1 aromatic rings. The summed E-state index contributed by atoms with van der Waals surface area (Å²) in [6.07, 6.45) is 5.19. The first kappa shape index (κ1) is 14.1. The molecule has 3 atom stereocenters. The van der Waals surface area contributed by atoms with Gasteiger partial charge in [-0.15, -0.1) is 11.3 Å². The van der Waals surface area contributed by atoms with Gasteiger partial charge in [0.1, 0.15) is 0 Å². The summed E-state index contributed by atoms with van der Waals surface area (Å²) in [5.41, 5.74) is 1.56. The van der Waals surface area contributed by atoms with Crippen molar-refractivity contribution in [3.05, 3.63) is 20.3 Å². The van der Waals surface area contributed by atoms with Crippen LogP contribution in [0, 0.1) is 5.92 Å². The molecule has 1 aliphatic carbocycles. The van der Waals surface area contributed by atoms with Crippen molar-refractivity contribution in [3.8, 4) is 0 Å². The lowest BCUT2D eigenvalue weighted by Crippen LogP contribution is -2.48. The lowest BCUT2D eigenvalue weighted by molar-refractivity contribution is 0.163. The second-order valence-corrected chi connectivity index (χ2v) is 8.69. The molecule has 1 aromatic heterocycles. The number of aryl methyl sites for hydroxylation is 1. The molecule has 0 spiro atoms. The summed E-state index contributed by atoms with van der Waals surface area (Å²) in [7, 11) is 2.24. The van der Waals surface area contributed by atoms with Crippen LogP contribution in [0.5, 0.6) is 0 Å². The van der Waals surface area contributed by atoms with Crippen molar-refractivity contribution >= 4 is 27.3 Å². The average Bonchev–Trinajstić information content (AvgIpc) is 2.74. The van der Waals surface area contributed by atoms with Crippen LogP contribution in [0.1, 0.15) is 42.7 Å². The standard InChI is InChI=1S/C15H23BrN2S/c1-10-9-18(2)7-6-12(10)17-13-4-3-5-14-11(13)8-15(16)19-14/h8,10,12-13,17H,3-7,9H2,1-2H3. The van der Waals surface area contributed by atoms with Gasteiger partial charge in [-0.05, 0) is 72.8 Å². The fraction of sp³-hybridized carbons (Fsp3) is 0.733. The van der Waals surface area contributed by atoms with Gasteiger partial charge in [0, 0.05) is 23.5 Å². The number of hydrogen-bond acceptors (Lipinski definition) is 3. The molecule has 0 radical (unpaired) electrons. The van der Waals surface area contributed by atoms with E-state index in [1.165, 1.54) is 42.6 Å². The summed E-state index contributed by atoms with van der Waals surface area (Å²) in [5, 5.41) is 3.96. The third kappa shape index (κ3) is 3.07. The molecular weight excluding hydrogens is 320 g/mol. The maximum Gasteiger partial charge on any atom is 0.0704 e. The van der Waals surface area contributed by atoms with Crippen LogP contribution in [0.4, 0.5) is 0 Å². The van der Waals surface area contributed by atoms with Gasteiger partial charge in [0.05, 0.1) is 3.79 Å². The highest BCUT2D eigenvalue weighted by Gasteiger charge is 2.29. The lowest BCUT2D eigenvalue weighted by atomic mass is 9.89. The second kappa shape index (κ2) is 5.84. The van der Waals surface area contributed by atoms with Gasteiger partial charge >= 0.3 is 0 Å². The Bertz CT molecular complexity index is 445. The Morgan fingerprint density at radius 1 is 1.42 bits per heavy atom. The molecule has 0 amide bonds. The molecule has 1 fully saturated rings. The summed E-state index contributed by atoms with van der Waals surface area (Å²) >= 11 is 5.57. The Hall–Kier alpha value is 0.100. The Labute approximate surface area is 128 Å². The maximum absolute atomic E-state index is 3.96. The summed E-state index contributed by atoms with van der Waals surface area (Å²) in [6, 6.07) is 3.61. The smallest absolute Gasteiger partial charge is 0.0704 e. The minimum atomic E-state index is 0.585. The van der Waals surface area contributed by atoms with Crippen LogP contribution in [0.25, 0.3) is 0 Å². The van der Waals surface area contributed by atoms with Crippen LogP contribution in [0.3, 0.4) is 0 Å². The number of nitrogens with zero attached hydrogens (tertiary/aromatic N) is 1. The number of likely N-dealkylation sites (tertiary alicyclic amines) is 1. The molecule has 4 heteroatoms. The van der Waals surface area contributed by atoms with Crippen molar-refractivity contribution in [2.24, 2.45) is 5.92 Å². The molecule has 3 rings (SSSR count). The number of nitrogens with one attached hydrogen (secondary N) is 1. The third-order valence-electron chi connectivity index (χ3n) is 4.61. The quantitative estimate of drug-likeness (QED) is 0.878. The molecule has 0 saturated carbocycles. The van der Waals surface area contributed by atoms with Gasteiger partial charge in [-0.2, -0.15) is 0 Å². The molecular formula is C15H23BrN2S. The summed E-state index contributed by atoms with van der Waals surface area (Å²) < 4.78 is 1.29. The molecule has 3 unspecified atom stereocenters. The van der Waals surface area contributed by atoms with Crippen molar-refractivity contribution in [2.75, 3.05) is 20.1 Å². The molecule has 1 saturated heterocycles. The normalized spacial score (nSPS) is 32.3. The highest BCUT2D eigenvalue weighted by molar-refractivity contribution is 9.11. The third-order valence-corrected chi connectivity index (χ3v) is 6.32. The van der Waals surface area contributed by atoms with Gasteiger partial charge in [-0.3, -0.25) is 0 Å². The molecule has 2 nitrogen and oxygen atoms in total. The molecule has 1 N–H and O–H groups in total. The van der Waals surface area contributed by atoms with E-state index < -0.39 is 0 Å². The van der Waals surface area contributed by atoms with Crippen molar-refractivity contribution < 1.29 is 0 Å². The zero-order chi connectivity index (χ0) is 13.4. The minimum absolute atomic E-state index is 0.585. The van der Waals surface area contributed by atoms with Gasteiger partial charge in [0.15, 0.2) is 0 Å². The molecule has 1 aliphatic heterocycles. The van der Waals surface area contributed by atoms with Crippen LogP contribution in [0.15, 0.2) is 9.85 Å². The fourth-order valence-electron chi connectivity index (χ4n) is 3.55. The Kier molecular flexibility index (Phi) is 4.32. The monoisotopic (exact) mass is 342 g/mol. The largest absolute Gasteiger partial charge is 0.307 e. The lowest BCUT2D eigenvalue weighted by Gasteiger charge is -2.38. The molecule has 0 bridgehead atoms. The summed E-state index contributed by atoms with van der Waals surface area (Å²) in [6.45, 7) is 4.85. The van der Waals surface area contributed by atoms with E-state index in [2.05, 4.69) is 46.2 Å². The van der Waals surface area contributed by atoms with Crippen molar-refractivity contribution in [2.45, 2.75) is 44.7 Å². The van der Waals surface area contributed by atoms with E-state index >= 15 is 0 Å². The van der Waals surface area contributed by atoms with E-state index in [1.54, 1.807) is 10.4 Å². The molecule has 0 aromatic carbocycles. The van der Waals surface area contributed by atoms with E-state index in [-0.39, 0.29) is 0 Å². The van der Waals surface area contributed by atoms with Crippen molar-refractivity contribution in [3.63, 3.8) is 0 Å². The number of fused-ring (bicyclic) bond motifs is 1. The SMILES string of the molecule is CC1CN(C)CCC1NC1CCCc2sc(Br)cc21. The molecule has 2 aliphatic rings. The number of thiophene rings is 1. The second-order valence-electron chi connectivity index (χ2n) is 6.18. The zero-order valence-electron chi connectivity index (χ0n) is 11.8.